The van der Waals surface area contributed by atoms with Gasteiger partial charge in [-0.05, 0) is 19.5 Å². The van der Waals surface area contributed by atoms with Crippen LogP contribution in [0.5, 0.6) is 0 Å². The maximum absolute atomic E-state index is 12.5. The Morgan fingerprint density at radius 3 is 2.17 bits per heavy atom. The first-order valence-electron chi connectivity index (χ1n) is 4.38. The average molecular weight is 176 g/mol. The van der Waals surface area contributed by atoms with E-state index in [1.807, 2.05) is 0 Å². The molecule has 2 fully saturated rings. The number of nitrogens with two attached hydrogens (primary N) is 1. The Bertz CT molecular complexity index is 181. The Labute approximate surface area is 70.7 Å². The van der Waals surface area contributed by atoms with Crippen LogP contribution in [0.4, 0.5) is 8.78 Å². The van der Waals surface area contributed by atoms with E-state index < -0.39 is 11.5 Å². The minimum Gasteiger partial charge on any atom is -0.324 e. The summed E-state index contributed by atoms with van der Waals surface area (Å²) in [7, 11) is 0. The molecule has 0 atom stereocenters. The Kier molecular flexibility index (Phi) is 1.67. The topological polar surface area (TPSA) is 29.3 Å². The van der Waals surface area contributed by atoms with E-state index >= 15 is 0 Å². The lowest BCUT2D eigenvalue weighted by Gasteiger charge is -2.48. The van der Waals surface area contributed by atoms with Crippen molar-refractivity contribution in [2.24, 2.45) is 5.73 Å². The van der Waals surface area contributed by atoms with Gasteiger partial charge in [-0.15, -0.1) is 0 Å². The number of likely N-dealkylation sites (tertiary alicyclic amines) is 1. The van der Waals surface area contributed by atoms with Gasteiger partial charge in [0.2, 0.25) is 0 Å². The zero-order valence-electron chi connectivity index (χ0n) is 7.02. The van der Waals surface area contributed by atoms with Gasteiger partial charge in [0.15, 0.2) is 0 Å². The zero-order valence-corrected chi connectivity index (χ0v) is 7.02. The molecule has 2 rings (SSSR count). The molecular formula is C8H14F2N2. The lowest BCUT2D eigenvalue weighted by Crippen LogP contribution is -2.64. The number of halogens is 2. The Morgan fingerprint density at radius 1 is 1.25 bits per heavy atom. The highest BCUT2D eigenvalue weighted by Gasteiger charge is 2.54. The first-order chi connectivity index (χ1) is 5.49. The van der Waals surface area contributed by atoms with Gasteiger partial charge < -0.3 is 10.6 Å². The number of alkyl halides is 2. The van der Waals surface area contributed by atoms with Crippen LogP contribution >= 0.6 is 0 Å². The van der Waals surface area contributed by atoms with E-state index in [2.05, 4.69) is 4.90 Å². The van der Waals surface area contributed by atoms with Crippen molar-refractivity contribution in [1.29, 1.82) is 0 Å². The molecule has 1 aliphatic carbocycles. The van der Waals surface area contributed by atoms with Crippen LogP contribution < -0.4 is 5.73 Å². The fourth-order valence-electron chi connectivity index (χ4n) is 2.08. The van der Waals surface area contributed by atoms with E-state index in [0.717, 1.165) is 13.1 Å². The summed E-state index contributed by atoms with van der Waals surface area (Å²) in [6.07, 6.45) is 0.930. The smallest absolute Gasteiger partial charge is 0.251 e. The molecule has 1 saturated heterocycles. The van der Waals surface area contributed by atoms with E-state index in [4.69, 9.17) is 5.73 Å². The quantitative estimate of drug-likeness (QED) is 0.675. The predicted molar refractivity (Wildman–Crippen MR) is 42.2 cm³/mol. The molecular weight excluding hydrogens is 162 g/mol. The first kappa shape index (κ1) is 8.38. The van der Waals surface area contributed by atoms with Crippen LogP contribution in [0.15, 0.2) is 0 Å². The highest BCUT2D eigenvalue weighted by atomic mass is 19.3. The van der Waals surface area contributed by atoms with Gasteiger partial charge in [0.25, 0.3) is 5.92 Å². The van der Waals surface area contributed by atoms with Crippen LogP contribution in [0.2, 0.25) is 0 Å². The van der Waals surface area contributed by atoms with Crippen molar-refractivity contribution < 1.29 is 8.78 Å². The fraction of sp³-hybridized carbons (Fsp3) is 1.00. The molecule has 12 heavy (non-hydrogen) atoms. The standard InChI is InChI=1S/C8H14F2N2/c9-8(10)4-7(11,5-8)6-12-2-1-3-12/h1-6,11H2. The SMILES string of the molecule is NC1(CN2CCC2)CC(F)(F)C1. The van der Waals surface area contributed by atoms with Gasteiger partial charge in [-0.2, -0.15) is 0 Å². The number of nitrogens with zero attached hydrogens (tertiary/aromatic N) is 1. The van der Waals surface area contributed by atoms with Gasteiger partial charge in [-0.1, -0.05) is 0 Å². The second-order valence-corrected chi connectivity index (χ2v) is 4.20. The summed E-state index contributed by atoms with van der Waals surface area (Å²) in [5, 5.41) is 0. The highest BCUT2D eigenvalue weighted by molar-refractivity contribution is 5.05. The monoisotopic (exact) mass is 176 g/mol. The van der Waals surface area contributed by atoms with Crippen LogP contribution in [-0.2, 0) is 0 Å². The minimum atomic E-state index is -2.49. The van der Waals surface area contributed by atoms with Crippen molar-refractivity contribution in [2.45, 2.75) is 30.7 Å². The van der Waals surface area contributed by atoms with Gasteiger partial charge in [0.05, 0.1) is 0 Å². The lowest BCUT2D eigenvalue weighted by molar-refractivity contribution is -0.131. The maximum Gasteiger partial charge on any atom is 0.251 e. The molecule has 0 spiro atoms. The van der Waals surface area contributed by atoms with Gasteiger partial charge in [0, 0.05) is 24.9 Å². The largest absolute Gasteiger partial charge is 0.324 e. The molecule has 0 amide bonds. The van der Waals surface area contributed by atoms with Gasteiger partial charge in [0.1, 0.15) is 0 Å². The molecule has 1 saturated carbocycles. The summed E-state index contributed by atoms with van der Waals surface area (Å²) in [5.74, 6) is -2.49. The van der Waals surface area contributed by atoms with Gasteiger partial charge in [-0.25, -0.2) is 8.78 Å². The molecule has 0 bridgehead atoms. The van der Waals surface area contributed by atoms with Gasteiger partial charge in [-0.3, -0.25) is 0 Å². The molecule has 2 aliphatic rings. The van der Waals surface area contributed by atoms with Crippen LogP contribution in [0.1, 0.15) is 19.3 Å². The van der Waals surface area contributed by atoms with Crippen molar-refractivity contribution >= 4 is 0 Å². The van der Waals surface area contributed by atoms with E-state index in [1.165, 1.54) is 6.42 Å². The average Bonchev–Trinajstić information content (AvgIpc) is 1.74. The van der Waals surface area contributed by atoms with Crippen LogP contribution in [0, 0.1) is 0 Å². The molecule has 0 unspecified atom stereocenters. The van der Waals surface area contributed by atoms with Crippen LogP contribution in [-0.4, -0.2) is 36.0 Å². The van der Waals surface area contributed by atoms with Crippen LogP contribution in [0.25, 0.3) is 0 Å². The fourth-order valence-corrected chi connectivity index (χ4v) is 2.08. The molecule has 2 N–H and O–H groups in total. The summed E-state index contributed by atoms with van der Waals surface area (Å²) < 4.78 is 25.0. The van der Waals surface area contributed by atoms with Crippen molar-refractivity contribution in [3.05, 3.63) is 0 Å². The molecule has 0 aromatic carbocycles. The molecule has 0 aromatic rings. The third-order valence-electron chi connectivity index (χ3n) is 2.71. The second-order valence-electron chi connectivity index (χ2n) is 4.20. The first-order valence-corrected chi connectivity index (χ1v) is 4.38. The Hall–Kier alpha value is -0.220. The minimum absolute atomic E-state index is 0.128. The molecule has 1 heterocycles. The van der Waals surface area contributed by atoms with E-state index in [-0.39, 0.29) is 12.8 Å². The Balaban J connectivity index is 1.80. The number of rotatable bonds is 2. The third-order valence-corrected chi connectivity index (χ3v) is 2.71. The Morgan fingerprint density at radius 2 is 1.83 bits per heavy atom. The van der Waals surface area contributed by atoms with Gasteiger partial charge >= 0.3 is 0 Å². The van der Waals surface area contributed by atoms with Crippen molar-refractivity contribution in [1.82, 2.24) is 4.90 Å². The predicted octanol–water partition coefficient (Wildman–Crippen LogP) is 0.819. The second kappa shape index (κ2) is 2.39. The highest BCUT2D eigenvalue weighted by Crippen LogP contribution is 2.44. The van der Waals surface area contributed by atoms with Crippen LogP contribution in [0.3, 0.4) is 0 Å². The van der Waals surface area contributed by atoms with Crippen molar-refractivity contribution in [3.63, 3.8) is 0 Å². The molecule has 0 radical (unpaired) electrons. The summed E-state index contributed by atoms with van der Waals surface area (Å²) in [5.41, 5.74) is 5.17. The molecule has 1 aliphatic heterocycles. The maximum atomic E-state index is 12.5. The zero-order chi connectivity index (χ0) is 8.82. The van der Waals surface area contributed by atoms with Crippen molar-refractivity contribution in [2.75, 3.05) is 19.6 Å². The molecule has 70 valence electrons. The lowest BCUT2D eigenvalue weighted by atomic mass is 9.73. The normalized spacial score (nSPS) is 32.2. The van der Waals surface area contributed by atoms with E-state index in [0.29, 0.717) is 6.54 Å². The van der Waals surface area contributed by atoms with Crippen molar-refractivity contribution in [3.8, 4) is 0 Å². The number of hydrogen-bond donors (Lipinski definition) is 1. The molecule has 4 heteroatoms. The summed E-state index contributed by atoms with van der Waals surface area (Å²) in [6.45, 7) is 2.72. The summed E-state index contributed by atoms with van der Waals surface area (Å²) in [6, 6.07) is 0. The summed E-state index contributed by atoms with van der Waals surface area (Å²) >= 11 is 0. The third kappa shape index (κ3) is 1.45. The number of hydrogen-bond acceptors (Lipinski definition) is 2. The summed E-state index contributed by atoms with van der Waals surface area (Å²) in [4.78, 5) is 2.15. The molecule has 0 aromatic heterocycles. The van der Waals surface area contributed by atoms with E-state index in [1.54, 1.807) is 0 Å². The molecule has 2 nitrogen and oxygen atoms in total. The van der Waals surface area contributed by atoms with E-state index in [9.17, 15) is 8.78 Å².